The van der Waals surface area contributed by atoms with Crippen LogP contribution in [-0.4, -0.2) is 18.0 Å². The SMILES string of the molecule is Cc1c(Cl)cccc1NC(=O)N(C)[C@@H]1CCc2ccccc21. The maximum atomic E-state index is 12.5. The Morgan fingerprint density at radius 3 is 2.82 bits per heavy atom. The summed E-state index contributed by atoms with van der Waals surface area (Å²) < 4.78 is 0. The summed E-state index contributed by atoms with van der Waals surface area (Å²) in [6.45, 7) is 1.91. The minimum absolute atomic E-state index is 0.105. The predicted octanol–water partition coefficient (Wildman–Crippen LogP) is 4.80. The first-order valence-corrected chi connectivity index (χ1v) is 7.82. The highest BCUT2D eigenvalue weighted by Gasteiger charge is 2.28. The van der Waals surface area contributed by atoms with E-state index in [4.69, 9.17) is 11.6 Å². The summed E-state index contributed by atoms with van der Waals surface area (Å²) >= 11 is 6.11. The topological polar surface area (TPSA) is 32.3 Å². The lowest BCUT2D eigenvalue weighted by Gasteiger charge is -2.26. The molecule has 0 fully saturated rings. The average molecular weight is 315 g/mol. The van der Waals surface area contributed by atoms with E-state index in [2.05, 4.69) is 23.5 Å². The third-order valence-corrected chi connectivity index (χ3v) is 4.81. The van der Waals surface area contributed by atoms with Gasteiger partial charge >= 0.3 is 6.03 Å². The van der Waals surface area contributed by atoms with Gasteiger partial charge in [0.2, 0.25) is 0 Å². The first kappa shape index (κ1) is 14.9. The van der Waals surface area contributed by atoms with Crippen LogP contribution >= 0.6 is 11.6 Å². The smallest absolute Gasteiger partial charge is 0.321 e. The van der Waals surface area contributed by atoms with E-state index in [-0.39, 0.29) is 12.1 Å². The van der Waals surface area contributed by atoms with Gasteiger partial charge < -0.3 is 10.2 Å². The maximum absolute atomic E-state index is 12.5. The Kier molecular flexibility index (Phi) is 4.08. The second kappa shape index (κ2) is 6.01. The molecular weight excluding hydrogens is 296 g/mol. The van der Waals surface area contributed by atoms with Gasteiger partial charge in [0.05, 0.1) is 6.04 Å². The molecule has 0 saturated carbocycles. The molecule has 4 heteroatoms. The van der Waals surface area contributed by atoms with Crippen molar-refractivity contribution in [2.24, 2.45) is 0 Å². The number of nitrogens with zero attached hydrogens (tertiary/aromatic N) is 1. The van der Waals surface area contributed by atoms with Gasteiger partial charge in [-0.3, -0.25) is 0 Å². The Hall–Kier alpha value is -2.00. The number of fused-ring (bicyclic) bond motifs is 1. The highest BCUT2D eigenvalue weighted by Crippen LogP contribution is 2.35. The molecule has 3 nitrogen and oxygen atoms in total. The van der Waals surface area contributed by atoms with Crippen LogP contribution in [-0.2, 0) is 6.42 Å². The highest BCUT2D eigenvalue weighted by molar-refractivity contribution is 6.31. The Balaban J connectivity index is 1.77. The van der Waals surface area contributed by atoms with Gasteiger partial charge in [-0.25, -0.2) is 4.79 Å². The summed E-state index contributed by atoms with van der Waals surface area (Å²) in [6, 6.07) is 13.9. The third-order valence-electron chi connectivity index (χ3n) is 4.40. The second-order valence-electron chi connectivity index (χ2n) is 5.71. The van der Waals surface area contributed by atoms with Gasteiger partial charge in [0.1, 0.15) is 0 Å². The number of nitrogens with one attached hydrogen (secondary N) is 1. The Labute approximate surface area is 135 Å². The molecule has 2 aromatic carbocycles. The lowest BCUT2D eigenvalue weighted by Crippen LogP contribution is -2.34. The van der Waals surface area contributed by atoms with Crippen molar-refractivity contribution < 1.29 is 4.79 Å². The van der Waals surface area contributed by atoms with Gasteiger partial charge in [0.25, 0.3) is 0 Å². The molecule has 1 N–H and O–H groups in total. The van der Waals surface area contributed by atoms with Crippen LogP contribution in [0.4, 0.5) is 10.5 Å². The quantitative estimate of drug-likeness (QED) is 0.848. The van der Waals surface area contributed by atoms with Crippen LogP contribution in [0.3, 0.4) is 0 Å². The van der Waals surface area contributed by atoms with Crippen LogP contribution in [0.15, 0.2) is 42.5 Å². The van der Waals surface area contributed by atoms with Crippen molar-refractivity contribution in [1.29, 1.82) is 0 Å². The maximum Gasteiger partial charge on any atom is 0.322 e. The van der Waals surface area contributed by atoms with Crippen molar-refractivity contribution >= 4 is 23.3 Å². The Morgan fingerprint density at radius 1 is 1.23 bits per heavy atom. The monoisotopic (exact) mass is 314 g/mol. The minimum Gasteiger partial charge on any atom is -0.321 e. The van der Waals surface area contributed by atoms with E-state index in [1.807, 2.05) is 38.2 Å². The molecule has 0 unspecified atom stereocenters. The molecule has 1 aliphatic rings. The number of carbonyl (C=O) groups excluding carboxylic acids is 1. The van der Waals surface area contributed by atoms with Gasteiger partial charge in [-0.15, -0.1) is 0 Å². The number of hydrogen-bond acceptors (Lipinski definition) is 1. The van der Waals surface area contributed by atoms with Crippen LogP contribution in [0.5, 0.6) is 0 Å². The molecule has 114 valence electrons. The molecule has 0 radical (unpaired) electrons. The summed E-state index contributed by atoms with van der Waals surface area (Å²) in [5, 5.41) is 3.62. The van der Waals surface area contributed by atoms with Crippen LogP contribution in [0.1, 0.15) is 29.2 Å². The van der Waals surface area contributed by atoms with Crippen LogP contribution < -0.4 is 5.32 Å². The van der Waals surface area contributed by atoms with Gasteiger partial charge in [0.15, 0.2) is 0 Å². The largest absolute Gasteiger partial charge is 0.322 e. The molecule has 0 aromatic heterocycles. The highest BCUT2D eigenvalue weighted by atomic mass is 35.5. The number of rotatable bonds is 2. The second-order valence-corrected chi connectivity index (χ2v) is 6.11. The average Bonchev–Trinajstić information content (AvgIpc) is 2.95. The summed E-state index contributed by atoms with van der Waals surface area (Å²) in [6.07, 6.45) is 1.99. The normalized spacial score (nSPS) is 16.2. The molecule has 0 heterocycles. The Bertz CT molecular complexity index is 714. The molecular formula is C18H19ClN2O. The zero-order chi connectivity index (χ0) is 15.7. The predicted molar refractivity (Wildman–Crippen MR) is 90.5 cm³/mol. The van der Waals surface area contributed by atoms with Crippen molar-refractivity contribution in [3.63, 3.8) is 0 Å². The van der Waals surface area contributed by atoms with E-state index in [1.165, 1.54) is 11.1 Å². The van der Waals surface area contributed by atoms with Crippen molar-refractivity contribution in [3.05, 3.63) is 64.2 Å². The fourth-order valence-electron chi connectivity index (χ4n) is 3.02. The van der Waals surface area contributed by atoms with E-state index in [0.29, 0.717) is 5.02 Å². The Morgan fingerprint density at radius 2 is 2.00 bits per heavy atom. The van der Waals surface area contributed by atoms with Crippen LogP contribution in [0.25, 0.3) is 0 Å². The molecule has 0 spiro atoms. The van der Waals surface area contributed by atoms with Gasteiger partial charge in [-0.05, 0) is 48.6 Å². The van der Waals surface area contributed by atoms with Crippen LogP contribution in [0, 0.1) is 6.92 Å². The van der Waals surface area contributed by atoms with E-state index in [0.717, 1.165) is 24.1 Å². The van der Waals surface area contributed by atoms with Gasteiger partial charge in [0, 0.05) is 17.8 Å². The molecule has 2 aromatic rings. The molecule has 0 bridgehead atoms. The molecule has 3 rings (SSSR count). The number of hydrogen-bond donors (Lipinski definition) is 1. The molecule has 22 heavy (non-hydrogen) atoms. The fourth-order valence-corrected chi connectivity index (χ4v) is 3.20. The van der Waals surface area contributed by atoms with Gasteiger partial charge in [-0.1, -0.05) is 41.9 Å². The van der Waals surface area contributed by atoms with Crippen molar-refractivity contribution in [3.8, 4) is 0 Å². The van der Waals surface area contributed by atoms with E-state index >= 15 is 0 Å². The molecule has 2 amide bonds. The standard InChI is InChI=1S/C18H19ClN2O/c1-12-15(19)8-5-9-16(12)20-18(22)21(2)17-11-10-13-6-3-4-7-14(13)17/h3-9,17H,10-11H2,1-2H3,(H,20,22)/t17-/m1/s1. The van der Waals surface area contributed by atoms with E-state index in [1.54, 1.807) is 4.90 Å². The number of halogens is 1. The van der Waals surface area contributed by atoms with E-state index in [9.17, 15) is 4.79 Å². The van der Waals surface area contributed by atoms with Crippen LogP contribution in [0.2, 0.25) is 5.02 Å². The molecule has 0 saturated heterocycles. The first-order chi connectivity index (χ1) is 10.6. The molecule has 1 aliphatic carbocycles. The minimum atomic E-state index is -0.105. The lowest BCUT2D eigenvalue weighted by molar-refractivity contribution is 0.204. The number of anilines is 1. The van der Waals surface area contributed by atoms with Crippen molar-refractivity contribution in [1.82, 2.24) is 4.90 Å². The third kappa shape index (κ3) is 2.69. The zero-order valence-corrected chi connectivity index (χ0v) is 13.5. The molecule has 1 atom stereocenters. The number of amides is 2. The fraction of sp³-hybridized carbons (Fsp3) is 0.278. The number of urea groups is 1. The summed E-state index contributed by atoms with van der Waals surface area (Å²) in [7, 11) is 1.85. The lowest BCUT2D eigenvalue weighted by atomic mass is 10.1. The van der Waals surface area contributed by atoms with Crippen molar-refractivity contribution in [2.75, 3.05) is 12.4 Å². The molecule has 0 aliphatic heterocycles. The first-order valence-electron chi connectivity index (χ1n) is 7.44. The van der Waals surface area contributed by atoms with E-state index < -0.39 is 0 Å². The summed E-state index contributed by atoms with van der Waals surface area (Å²) in [4.78, 5) is 14.3. The zero-order valence-electron chi connectivity index (χ0n) is 12.8. The summed E-state index contributed by atoms with van der Waals surface area (Å²) in [5.74, 6) is 0. The van der Waals surface area contributed by atoms with Crippen molar-refractivity contribution in [2.45, 2.75) is 25.8 Å². The van der Waals surface area contributed by atoms with Gasteiger partial charge in [-0.2, -0.15) is 0 Å². The number of benzene rings is 2. The summed E-state index contributed by atoms with van der Waals surface area (Å²) in [5.41, 5.74) is 4.24. The number of aryl methyl sites for hydroxylation is 1. The number of carbonyl (C=O) groups is 1.